The van der Waals surface area contributed by atoms with E-state index in [2.05, 4.69) is 31.1 Å². The molecule has 0 aliphatic carbocycles. The van der Waals surface area contributed by atoms with Gasteiger partial charge in [0.25, 0.3) is 5.91 Å². The lowest BCUT2D eigenvalue weighted by Gasteiger charge is -2.42. The minimum absolute atomic E-state index is 0.0574. The van der Waals surface area contributed by atoms with E-state index in [4.69, 9.17) is 4.84 Å². The van der Waals surface area contributed by atoms with Crippen molar-refractivity contribution < 1.29 is 19.5 Å². The smallest absolute Gasteiger partial charge is 0.407 e. The Morgan fingerprint density at radius 3 is 2.31 bits per heavy atom. The van der Waals surface area contributed by atoms with Crippen LogP contribution in [0.5, 0.6) is 0 Å². The molecular formula is C18H30N4O4. The maximum Gasteiger partial charge on any atom is 0.407 e. The number of aromatic nitrogens is 2. The number of nitrogens with one attached hydrogen (secondary N) is 1. The molecule has 1 saturated heterocycles. The van der Waals surface area contributed by atoms with E-state index in [1.807, 2.05) is 13.8 Å². The van der Waals surface area contributed by atoms with Crippen LogP contribution in [0.4, 0.5) is 4.79 Å². The predicted octanol–water partition coefficient (Wildman–Crippen LogP) is 2.16. The highest BCUT2D eigenvalue weighted by Crippen LogP contribution is 2.30. The first kappa shape index (κ1) is 20.1. The fraction of sp³-hybridized carbons (Fsp3) is 0.722. The Morgan fingerprint density at radius 2 is 1.85 bits per heavy atom. The zero-order valence-electron chi connectivity index (χ0n) is 16.3. The molecule has 1 aliphatic heterocycles. The van der Waals surface area contributed by atoms with Crippen LogP contribution in [-0.2, 0) is 4.79 Å². The molecule has 0 radical (unpaired) electrons. The highest BCUT2D eigenvalue weighted by molar-refractivity contribution is 5.86. The van der Waals surface area contributed by atoms with Crippen molar-refractivity contribution in [3.05, 3.63) is 18.7 Å². The monoisotopic (exact) mass is 366 g/mol. The number of carboxylic acid groups (broad SMARTS) is 1. The minimum atomic E-state index is -1.12. The molecule has 8 nitrogen and oxygen atoms in total. The summed E-state index contributed by atoms with van der Waals surface area (Å²) in [6, 6.07) is 0. The van der Waals surface area contributed by atoms with Gasteiger partial charge in [-0.05, 0) is 25.7 Å². The van der Waals surface area contributed by atoms with E-state index in [9.17, 15) is 14.7 Å². The van der Waals surface area contributed by atoms with Crippen molar-refractivity contribution in [3.8, 4) is 0 Å². The molecule has 2 heterocycles. The minimum Gasteiger partial charge on any atom is -0.465 e. The van der Waals surface area contributed by atoms with Crippen LogP contribution in [0.2, 0.25) is 0 Å². The van der Waals surface area contributed by atoms with E-state index in [0.29, 0.717) is 0 Å². The molecule has 1 aliphatic rings. The van der Waals surface area contributed by atoms with Gasteiger partial charge in [-0.25, -0.2) is 9.78 Å². The molecule has 0 atom stereocenters. The molecule has 0 bridgehead atoms. The van der Waals surface area contributed by atoms with Crippen LogP contribution in [-0.4, -0.2) is 56.0 Å². The lowest BCUT2D eigenvalue weighted by atomic mass is 9.81. The van der Waals surface area contributed by atoms with Gasteiger partial charge in [-0.3, -0.25) is 4.79 Å². The van der Waals surface area contributed by atoms with Crippen molar-refractivity contribution in [2.24, 2.45) is 5.41 Å². The topological polar surface area (TPSA) is 96.7 Å². The van der Waals surface area contributed by atoms with Crippen LogP contribution in [0.25, 0.3) is 0 Å². The zero-order valence-corrected chi connectivity index (χ0v) is 16.3. The summed E-state index contributed by atoms with van der Waals surface area (Å²) < 4.78 is 1.41. The quantitative estimate of drug-likeness (QED) is 0.832. The summed E-state index contributed by atoms with van der Waals surface area (Å²) in [4.78, 5) is 35.6. The van der Waals surface area contributed by atoms with E-state index < -0.39 is 17.2 Å². The molecule has 2 amide bonds. The van der Waals surface area contributed by atoms with Gasteiger partial charge in [0.15, 0.2) is 0 Å². The van der Waals surface area contributed by atoms with E-state index in [0.717, 1.165) is 6.42 Å². The van der Waals surface area contributed by atoms with E-state index >= 15 is 0 Å². The van der Waals surface area contributed by atoms with Crippen molar-refractivity contribution in [1.29, 1.82) is 0 Å². The van der Waals surface area contributed by atoms with Crippen molar-refractivity contribution in [3.63, 3.8) is 0 Å². The molecule has 0 saturated carbocycles. The van der Waals surface area contributed by atoms with Gasteiger partial charge in [-0.1, -0.05) is 20.8 Å². The number of hydrogen-bond acceptors (Lipinski definition) is 4. The number of likely N-dealkylation sites (tertiary alicyclic amines) is 1. The van der Waals surface area contributed by atoms with Crippen LogP contribution in [0, 0.1) is 5.41 Å². The second kappa shape index (κ2) is 7.17. The van der Waals surface area contributed by atoms with Gasteiger partial charge in [0.05, 0.1) is 6.20 Å². The van der Waals surface area contributed by atoms with E-state index in [-0.39, 0.29) is 37.3 Å². The number of nitrogens with zero attached hydrogens (tertiary/aromatic N) is 3. The van der Waals surface area contributed by atoms with Gasteiger partial charge in [-0.15, -0.1) is 0 Å². The normalized spacial score (nSPS) is 17.7. The third-order valence-electron chi connectivity index (χ3n) is 4.44. The van der Waals surface area contributed by atoms with Crippen LogP contribution in [0.15, 0.2) is 18.7 Å². The first-order valence-electron chi connectivity index (χ1n) is 8.90. The predicted molar refractivity (Wildman–Crippen MR) is 96.7 cm³/mol. The van der Waals surface area contributed by atoms with E-state index in [1.165, 1.54) is 16.0 Å². The van der Waals surface area contributed by atoms with Gasteiger partial charge in [0, 0.05) is 37.7 Å². The van der Waals surface area contributed by atoms with Crippen LogP contribution in [0.1, 0.15) is 53.9 Å². The number of piperidine rings is 1. The first-order chi connectivity index (χ1) is 11.9. The lowest BCUT2D eigenvalue weighted by Crippen LogP contribution is -2.63. The Balaban J connectivity index is 2.18. The fourth-order valence-corrected chi connectivity index (χ4v) is 3.71. The maximum atomic E-state index is 13.2. The number of hydrogen-bond donors (Lipinski definition) is 2. The summed E-state index contributed by atoms with van der Waals surface area (Å²) in [5.41, 5.74) is -1.48. The molecule has 146 valence electrons. The van der Waals surface area contributed by atoms with Crippen LogP contribution >= 0.6 is 0 Å². The molecule has 0 unspecified atom stereocenters. The SMILES string of the molecule is CC(C)(C)CC(C)(C)NC(=O)C1(On2ccnc2)CCN(C(=O)O)CC1. The van der Waals surface area contributed by atoms with Crippen molar-refractivity contribution in [1.82, 2.24) is 19.9 Å². The average molecular weight is 366 g/mol. The average Bonchev–Trinajstić information content (AvgIpc) is 2.97. The highest BCUT2D eigenvalue weighted by Gasteiger charge is 2.47. The molecule has 1 fully saturated rings. The fourth-order valence-electron chi connectivity index (χ4n) is 3.71. The molecule has 2 rings (SSSR count). The summed E-state index contributed by atoms with van der Waals surface area (Å²) in [7, 11) is 0. The van der Waals surface area contributed by atoms with Crippen molar-refractivity contribution >= 4 is 12.0 Å². The highest BCUT2D eigenvalue weighted by atomic mass is 16.7. The largest absolute Gasteiger partial charge is 0.465 e. The number of carbonyl (C=O) groups is 2. The Kier molecular flexibility index (Phi) is 5.53. The second-order valence-corrected chi connectivity index (χ2v) is 8.85. The van der Waals surface area contributed by atoms with Crippen molar-refractivity contribution in [2.45, 2.75) is 65.0 Å². The second-order valence-electron chi connectivity index (χ2n) is 8.85. The standard InChI is InChI=1S/C18H30N4O4/c1-16(2,3)12-17(4,5)20-14(23)18(26-22-11-8-19-13-22)6-9-21(10-7-18)15(24)25/h8,11,13H,6-7,9-10,12H2,1-5H3,(H,20,23)(H,24,25). The lowest BCUT2D eigenvalue weighted by molar-refractivity contribution is -0.156. The van der Waals surface area contributed by atoms with Crippen LogP contribution in [0.3, 0.4) is 0 Å². The van der Waals surface area contributed by atoms with E-state index in [1.54, 1.807) is 12.4 Å². The Bertz CT molecular complexity index is 626. The molecule has 8 heteroatoms. The molecule has 2 N–H and O–H groups in total. The van der Waals surface area contributed by atoms with Gasteiger partial charge >= 0.3 is 6.09 Å². The number of amides is 2. The number of carbonyl (C=O) groups excluding carboxylic acids is 1. The summed E-state index contributed by atoms with van der Waals surface area (Å²) in [5, 5.41) is 12.3. The first-order valence-corrected chi connectivity index (χ1v) is 8.90. The number of rotatable bonds is 5. The molecule has 1 aromatic heterocycles. The van der Waals surface area contributed by atoms with Gasteiger partial charge in [-0.2, -0.15) is 4.73 Å². The summed E-state index contributed by atoms with van der Waals surface area (Å²) >= 11 is 0. The molecule has 0 aromatic carbocycles. The molecule has 26 heavy (non-hydrogen) atoms. The summed E-state index contributed by atoms with van der Waals surface area (Å²) in [6.07, 6.45) is 5.08. The maximum absolute atomic E-state index is 13.2. The Labute approximate surface area is 154 Å². The Hall–Kier alpha value is -2.25. The van der Waals surface area contributed by atoms with Crippen LogP contribution < -0.4 is 10.2 Å². The van der Waals surface area contributed by atoms with Gasteiger partial charge in [0.2, 0.25) is 5.60 Å². The van der Waals surface area contributed by atoms with Crippen molar-refractivity contribution in [2.75, 3.05) is 13.1 Å². The zero-order chi connectivity index (χ0) is 19.6. The molecular weight excluding hydrogens is 336 g/mol. The Morgan fingerprint density at radius 1 is 1.23 bits per heavy atom. The van der Waals surface area contributed by atoms with Gasteiger partial charge < -0.3 is 20.2 Å². The summed E-state index contributed by atoms with van der Waals surface area (Å²) in [5.74, 6) is -0.217. The summed E-state index contributed by atoms with van der Waals surface area (Å²) in [6.45, 7) is 10.9. The molecule has 1 aromatic rings. The third-order valence-corrected chi connectivity index (χ3v) is 4.44. The molecule has 0 spiro atoms. The van der Waals surface area contributed by atoms with Gasteiger partial charge in [0.1, 0.15) is 6.33 Å². The number of imidazole rings is 1. The third kappa shape index (κ3) is 5.12.